The average Bonchev–Trinajstić information content (AvgIpc) is 3.09. The Hall–Kier alpha value is -3.50. The van der Waals surface area contributed by atoms with E-state index in [0.29, 0.717) is 15.7 Å². The lowest BCUT2D eigenvalue weighted by Gasteiger charge is -2.13. The Labute approximate surface area is 204 Å². The second-order valence-corrected chi connectivity index (χ2v) is 9.17. The predicted octanol–water partition coefficient (Wildman–Crippen LogP) is 4.12. The highest BCUT2D eigenvalue weighted by molar-refractivity contribution is 8.26. The predicted molar refractivity (Wildman–Crippen MR) is 134 cm³/mol. The first-order valence-electron chi connectivity index (χ1n) is 10.6. The fraction of sp³-hybridized carbons (Fsp3) is 0.208. The first-order chi connectivity index (χ1) is 16.4. The van der Waals surface area contributed by atoms with Gasteiger partial charge in [0.2, 0.25) is 5.88 Å². The summed E-state index contributed by atoms with van der Waals surface area (Å²) >= 11 is 6.37. The number of nitrogens with zero attached hydrogens (tertiary/aromatic N) is 3. The number of thiocarbonyl (C=S) groups is 1. The van der Waals surface area contributed by atoms with E-state index in [2.05, 4.69) is 11.9 Å². The number of fused-ring (bicyclic) bond motifs is 1. The molecule has 3 heterocycles. The molecule has 0 unspecified atom stereocenters. The van der Waals surface area contributed by atoms with Crippen LogP contribution in [0.15, 0.2) is 58.4 Å². The number of pyridine rings is 1. The third-order valence-electron chi connectivity index (χ3n) is 5.20. The van der Waals surface area contributed by atoms with Gasteiger partial charge in [0.05, 0.1) is 4.91 Å². The molecule has 1 fully saturated rings. The van der Waals surface area contributed by atoms with Crippen molar-refractivity contribution in [2.24, 2.45) is 0 Å². The number of hydrogen-bond donors (Lipinski definition) is 1. The second-order valence-electron chi connectivity index (χ2n) is 7.49. The molecule has 0 aliphatic carbocycles. The quantitative estimate of drug-likeness (QED) is 0.368. The number of thioether (sulfide) groups is 1. The third-order valence-corrected chi connectivity index (χ3v) is 6.58. The third kappa shape index (κ3) is 5.02. The van der Waals surface area contributed by atoms with Crippen molar-refractivity contribution in [2.45, 2.75) is 26.2 Å². The molecule has 1 aromatic carbocycles. The molecule has 1 aliphatic rings. The van der Waals surface area contributed by atoms with E-state index in [9.17, 15) is 14.4 Å². The monoisotopic (exact) mass is 495 g/mol. The van der Waals surface area contributed by atoms with Crippen molar-refractivity contribution in [3.05, 3.63) is 75.0 Å². The number of benzene rings is 1. The molecule has 0 radical (unpaired) electrons. The van der Waals surface area contributed by atoms with Crippen LogP contribution < -0.4 is 10.3 Å². The van der Waals surface area contributed by atoms with Gasteiger partial charge in [-0.2, -0.15) is 4.98 Å². The maximum Gasteiger partial charge on any atom is 0.303 e. The lowest BCUT2D eigenvalue weighted by Crippen LogP contribution is -2.29. The maximum absolute atomic E-state index is 13.3. The summed E-state index contributed by atoms with van der Waals surface area (Å²) in [6.07, 6.45) is 4.13. The average molecular weight is 496 g/mol. The summed E-state index contributed by atoms with van der Waals surface area (Å²) in [4.78, 5) is 43.2. The van der Waals surface area contributed by atoms with E-state index in [1.165, 1.54) is 15.4 Å². The van der Waals surface area contributed by atoms with Crippen molar-refractivity contribution >= 4 is 51.9 Å². The van der Waals surface area contributed by atoms with E-state index < -0.39 is 5.97 Å². The normalized spacial score (nSPS) is 14.9. The minimum Gasteiger partial charge on any atom is -0.481 e. The number of rotatable bonds is 8. The van der Waals surface area contributed by atoms with Crippen LogP contribution in [0.1, 0.15) is 30.9 Å². The number of ether oxygens (including phenoxy) is 1. The topological polar surface area (TPSA) is 101 Å². The molecule has 8 nitrogen and oxygen atoms in total. The number of carboxylic acids is 1. The number of carboxylic acid groups (broad SMARTS) is 1. The van der Waals surface area contributed by atoms with Crippen LogP contribution in [0.5, 0.6) is 11.6 Å². The van der Waals surface area contributed by atoms with Crippen LogP contribution in [-0.4, -0.2) is 42.1 Å². The Morgan fingerprint density at radius 3 is 2.68 bits per heavy atom. The minimum absolute atomic E-state index is 0.0686. The smallest absolute Gasteiger partial charge is 0.303 e. The Morgan fingerprint density at radius 2 is 1.97 bits per heavy atom. The van der Waals surface area contributed by atoms with Gasteiger partial charge in [-0.1, -0.05) is 49.1 Å². The molecule has 0 atom stereocenters. The van der Waals surface area contributed by atoms with Gasteiger partial charge in [-0.3, -0.25) is 23.7 Å². The van der Waals surface area contributed by atoms with Crippen LogP contribution in [0.25, 0.3) is 11.7 Å². The van der Waals surface area contributed by atoms with Crippen molar-refractivity contribution in [3.63, 3.8) is 0 Å². The summed E-state index contributed by atoms with van der Waals surface area (Å²) in [5, 5.41) is 8.85. The molecule has 1 N–H and O–H groups in total. The number of hydrogen-bond acceptors (Lipinski definition) is 7. The van der Waals surface area contributed by atoms with Gasteiger partial charge in [-0.05, 0) is 48.7 Å². The second kappa shape index (κ2) is 10.2. The number of aliphatic carboxylic acids is 1. The van der Waals surface area contributed by atoms with Gasteiger partial charge >= 0.3 is 5.97 Å². The molecule has 2 aromatic heterocycles. The summed E-state index contributed by atoms with van der Waals surface area (Å²) in [6, 6.07) is 12.7. The van der Waals surface area contributed by atoms with E-state index in [4.69, 9.17) is 22.1 Å². The summed E-state index contributed by atoms with van der Waals surface area (Å²) in [5.74, 6) is -0.724. The van der Waals surface area contributed by atoms with Gasteiger partial charge in [0.15, 0.2) is 0 Å². The van der Waals surface area contributed by atoms with Crippen molar-refractivity contribution in [3.8, 4) is 11.6 Å². The van der Waals surface area contributed by atoms with Crippen LogP contribution in [0.3, 0.4) is 0 Å². The first-order valence-corrected chi connectivity index (χ1v) is 11.8. The van der Waals surface area contributed by atoms with E-state index in [1.54, 1.807) is 36.5 Å². The van der Waals surface area contributed by atoms with Gasteiger partial charge in [-0.25, -0.2) is 0 Å². The highest BCUT2D eigenvalue weighted by atomic mass is 32.2. The first kappa shape index (κ1) is 23.7. The van der Waals surface area contributed by atoms with E-state index in [0.717, 1.165) is 23.7 Å². The SMILES string of the molecule is CCc1ccc(Oc2nc3ccccn3c(=O)c2/C=C2/SC(=S)N(CCCC(=O)O)C2=O)cc1. The summed E-state index contributed by atoms with van der Waals surface area (Å²) in [6.45, 7) is 2.24. The molecule has 0 bridgehead atoms. The van der Waals surface area contributed by atoms with E-state index in [-0.39, 0.29) is 47.2 Å². The van der Waals surface area contributed by atoms with Crippen molar-refractivity contribution in [1.29, 1.82) is 0 Å². The number of aromatic nitrogens is 2. The highest BCUT2D eigenvalue weighted by Crippen LogP contribution is 2.34. The molecule has 174 valence electrons. The van der Waals surface area contributed by atoms with Gasteiger partial charge < -0.3 is 9.84 Å². The van der Waals surface area contributed by atoms with Gasteiger partial charge in [-0.15, -0.1) is 0 Å². The largest absolute Gasteiger partial charge is 0.481 e. The molecule has 3 aromatic rings. The van der Waals surface area contributed by atoms with Crippen LogP contribution >= 0.6 is 24.0 Å². The fourth-order valence-corrected chi connectivity index (χ4v) is 4.69. The zero-order valence-electron chi connectivity index (χ0n) is 18.3. The molecule has 1 amide bonds. The zero-order chi connectivity index (χ0) is 24.2. The molecular formula is C24H21N3O5S2. The molecule has 34 heavy (non-hydrogen) atoms. The fourth-order valence-electron chi connectivity index (χ4n) is 3.40. The van der Waals surface area contributed by atoms with Crippen molar-refractivity contribution in [2.75, 3.05) is 6.54 Å². The standard InChI is InChI=1S/C24H21N3O5S2/c1-2-15-8-10-16(11-9-15)32-21-17(22(30)26-12-4-3-6-19(26)25-21)14-18-23(31)27(24(33)34-18)13-5-7-20(28)29/h3-4,6,8-12,14H,2,5,7,13H2,1H3,(H,28,29)/b18-14+. The number of aryl methyl sites for hydroxylation is 1. The summed E-state index contributed by atoms with van der Waals surface area (Å²) in [7, 11) is 0. The van der Waals surface area contributed by atoms with Crippen LogP contribution in [-0.2, 0) is 16.0 Å². The van der Waals surface area contributed by atoms with Crippen molar-refractivity contribution < 1.29 is 19.4 Å². The van der Waals surface area contributed by atoms with Gasteiger partial charge in [0.25, 0.3) is 11.5 Å². The maximum atomic E-state index is 13.3. The van der Waals surface area contributed by atoms with Crippen LogP contribution in [0.4, 0.5) is 0 Å². The molecule has 0 spiro atoms. The molecule has 4 rings (SSSR count). The molecular weight excluding hydrogens is 474 g/mol. The molecule has 10 heteroatoms. The molecule has 0 saturated carbocycles. The number of amides is 1. The molecule has 1 saturated heterocycles. The van der Waals surface area contributed by atoms with E-state index in [1.807, 2.05) is 12.1 Å². The highest BCUT2D eigenvalue weighted by Gasteiger charge is 2.32. The Morgan fingerprint density at radius 1 is 1.21 bits per heavy atom. The van der Waals surface area contributed by atoms with Crippen LogP contribution in [0, 0.1) is 0 Å². The minimum atomic E-state index is -0.940. The number of carbonyl (C=O) groups excluding carboxylic acids is 1. The zero-order valence-corrected chi connectivity index (χ0v) is 19.9. The Balaban J connectivity index is 1.72. The lowest BCUT2D eigenvalue weighted by atomic mass is 10.2. The Bertz CT molecular complexity index is 1370. The van der Waals surface area contributed by atoms with Crippen molar-refractivity contribution in [1.82, 2.24) is 14.3 Å². The summed E-state index contributed by atoms with van der Waals surface area (Å²) in [5.41, 5.74) is 1.29. The Kier molecular flexibility index (Phi) is 7.09. The lowest BCUT2D eigenvalue weighted by molar-refractivity contribution is -0.137. The molecule has 1 aliphatic heterocycles. The summed E-state index contributed by atoms with van der Waals surface area (Å²) < 4.78 is 7.68. The van der Waals surface area contributed by atoms with Gasteiger partial charge in [0.1, 0.15) is 21.3 Å². The van der Waals surface area contributed by atoms with Crippen LogP contribution in [0.2, 0.25) is 0 Å². The number of carbonyl (C=O) groups is 2. The van der Waals surface area contributed by atoms with E-state index >= 15 is 0 Å². The van der Waals surface area contributed by atoms with Gasteiger partial charge in [0, 0.05) is 19.2 Å².